The molecule has 1 aromatic heterocycles. The highest BCUT2D eigenvalue weighted by Crippen LogP contribution is 2.45. The van der Waals surface area contributed by atoms with E-state index in [-0.39, 0.29) is 11.7 Å². The number of hydrogen-bond donors (Lipinski definition) is 0. The Hall–Kier alpha value is -0.800. The summed E-state index contributed by atoms with van der Waals surface area (Å²) < 4.78 is 37.0. The summed E-state index contributed by atoms with van der Waals surface area (Å²) >= 11 is 3.39. The smallest absolute Gasteiger partial charge is 0.449 e. The predicted octanol–water partition coefficient (Wildman–Crippen LogP) is 3.18. The molecule has 7 nitrogen and oxygen atoms in total. The van der Waals surface area contributed by atoms with E-state index in [9.17, 15) is 0 Å². The third-order valence-corrected chi connectivity index (χ3v) is 6.30. The number of pyridine rings is 1. The summed E-state index contributed by atoms with van der Waals surface area (Å²) in [5, 5.41) is 0. The molecule has 4 heterocycles. The number of fused-ring (bicyclic) bond motifs is 1. The summed E-state index contributed by atoms with van der Waals surface area (Å²) in [6.07, 6.45) is 1.59. The monoisotopic (exact) mass is 439 g/mol. The maximum absolute atomic E-state index is 6.31. The molecule has 27 heavy (non-hydrogen) atoms. The lowest BCUT2D eigenvalue weighted by molar-refractivity contribution is -0.0744. The fraction of sp³-hybridized carbons (Fsp3) is 0.706. The van der Waals surface area contributed by atoms with Crippen LogP contribution < -0.4 is 9.47 Å². The van der Waals surface area contributed by atoms with Crippen LogP contribution in [0, 0.1) is 0 Å². The molecule has 0 bridgehead atoms. The van der Waals surface area contributed by atoms with E-state index in [1.165, 1.54) is 0 Å². The quantitative estimate of drug-likeness (QED) is 0.670. The summed E-state index contributed by atoms with van der Waals surface area (Å²) in [5.74, 6) is 1.10. The van der Waals surface area contributed by atoms with Crippen LogP contribution >= 0.6 is 15.9 Å². The van der Waals surface area contributed by atoms with Gasteiger partial charge in [-0.1, -0.05) is 0 Å². The van der Waals surface area contributed by atoms with Gasteiger partial charge in [0, 0.05) is 16.7 Å². The van der Waals surface area contributed by atoms with Crippen molar-refractivity contribution in [2.75, 3.05) is 0 Å². The molecule has 3 unspecified atom stereocenters. The maximum atomic E-state index is 6.31. The summed E-state index contributed by atoms with van der Waals surface area (Å²) in [5.41, 5.74) is -1.64. The number of nitrogens with zero attached hydrogens (tertiary/aromatic N) is 1. The minimum Gasteiger partial charge on any atom is -0.449 e. The van der Waals surface area contributed by atoms with Crippen LogP contribution in [0.4, 0.5) is 0 Å². The topological polar surface area (TPSA) is 68.3 Å². The Kier molecular flexibility index (Phi) is 4.59. The lowest BCUT2D eigenvalue weighted by Gasteiger charge is -2.37. The van der Waals surface area contributed by atoms with E-state index < -0.39 is 31.5 Å². The first-order valence-electron chi connectivity index (χ1n) is 9.17. The lowest BCUT2D eigenvalue weighted by atomic mass is 9.49. The summed E-state index contributed by atoms with van der Waals surface area (Å²) in [6.45, 7) is 12.0. The van der Waals surface area contributed by atoms with Gasteiger partial charge in [-0.25, -0.2) is 4.98 Å². The molecule has 1 aromatic rings. The average molecular weight is 440 g/mol. The Labute approximate surface area is 168 Å². The maximum Gasteiger partial charge on any atom is 0.488 e. The Balaban J connectivity index is 1.46. The van der Waals surface area contributed by atoms with E-state index in [0.29, 0.717) is 18.1 Å². The number of ether oxygens (including phenoxy) is 2. The second-order valence-electron chi connectivity index (χ2n) is 8.54. The molecule has 3 atom stereocenters. The van der Waals surface area contributed by atoms with E-state index in [4.69, 9.17) is 28.1 Å². The van der Waals surface area contributed by atoms with Crippen LogP contribution in [0.15, 0.2) is 16.7 Å². The van der Waals surface area contributed by atoms with Crippen molar-refractivity contribution in [1.29, 1.82) is 0 Å². The highest BCUT2D eigenvalue weighted by Gasteiger charge is 2.63. The van der Waals surface area contributed by atoms with E-state index in [1.54, 1.807) is 6.20 Å². The molecule has 0 N–H and O–H groups in total. The van der Waals surface area contributed by atoms with Crippen LogP contribution in [-0.4, -0.2) is 48.2 Å². The molecular weight excluding hydrogens is 416 g/mol. The lowest BCUT2D eigenvalue weighted by Crippen LogP contribution is -2.48. The first kappa shape index (κ1) is 19.5. The zero-order valence-electron chi connectivity index (χ0n) is 16.4. The Morgan fingerprint density at radius 2 is 1.81 bits per heavy atom. The third kappa shape index (κ3) is 3.40. The van der Waals surface area contributed by atoms with E-state index in [1.807, 2.05) is 47.6 Å². The molecule has 0 radical (unpaired) electrons. The van der Waals surface area contributed by atoms with E-state index in [0.717, 1.165) is 4.47 Å². The van der Waals surface area contributed by atoms with Gasteiger partial charge in [-0.15, -0.1) is 0 Å². The SMILES string of the molecule is CC1OB(B2OC(C)(C)C(C)(CC3Oc4cc(Br)cnc4O3)O2)OC1(C)C. The highest BCUT2D eigenvalue weighted by atomic mass is 79.9. The fourth-order valence-corrected chi connectivity index (χ4v) is 3.73. The molecule has 0 spiro atoms. The van der Waals surface area contributed by atoms with Crippen LogP contribution in [0.3, 0.4) is 0 Å². The molecule has 0 aliphatic carbocycles. The van der Waals surface area contributed by atoms with Crippen LogP contribution in [-0.2, 0) is 18.6 Å². The Morgan fingerprint density at radius 3 is 2.48 bits per heavy atom. The Bertz CT molecular complexity index is 750. The molecule has 10 heteroatoms. The largest absolute Gasteiger partial charge is 0.488 e. The van der Waals surface area contributed by atoms with Crippen molar-refractivity contribution >= 4 is 29.9 Å². The van der Waals surface area contributed by atoms with Crippen molar-refractivity contribution in [3.63, 3.8) is 0 Å². The van der Waals surface area contributed by atoms with Crippen molar-refractivity contribution < 1.29 is 28.1 Å². The molecule has 0 aromatic carbocycles. The molecule has 3 aliphatic heterocycles. The number of hydrogen-bond acceptors (Lipinski definition) is 7. The molecule has 2 fully saturated rings. The number of halogens is 1. The molecule has 146 valence electrons. The van der Waals surface area contributed by atoms with Crippen molar-refractivity contribution in [3.05, 3.63) is 16.7 Å². The van der Waals surface area contributed by atoms with Gasteiger partial charge in [-0.3, -0.25) is 0 Å². The van der Waals surface area contributed by atoms with Crippen molar-refractivity contribution in [2.24, 2.45) is 0 Å². The van der Waals surface area contributed by atoms with Gasteiger partial charge in [0.25, 0.3) is 5.88 Å². The zero-order valence-corrected chi connectivity index (χ0v) is 18.0. The normalized spacial score (nSPS) is 33.7. The predicted molar refractivity (Wildman–Crippen MR) is 103 cm³/mol. The van der Waals surface area contributed by atoms with Crippen LogP contribution in [0.1, 0.15) is 48.0 Å². The first-order chi connectivity index (χ1) is 12.5. The molecule has 0 amide bonds. The minimum atomic E-state index is -0.662. The molecule has 4 rings (SSSR count). The van der Waals surface area contributed by atoms with Gasteiger partial charge in [-0.2, -0.15) is 0 Å². The van der Waals surface area contributed by atoms with Crippen molar-refractivity contribution in [3.8, 4) is 11.6 Å². The van der Waals surface area contributed by atoms with Crippen LogP contribution in [0.2, 0.25) is 0 Å². The van der Waals surface area contributed by atoms with Gasteiger partial charge in [0.2, 0.25) is 6.29 Å². The number of aromatic nitrogens is 1. The average Bonchev–Trinajstić information content (AvgIpc) is 3.12. The molecule has 0 saturated carbocycles. The van der Waals surface area contributed by atoms with Crippen molar-refractivity contribution in [2.45, 2.75) is 77.2 Å². The summed E-state index contributed by atoms with van der Waals surface area (Å²) in [4.78, 5) is 4.24. The zero-order chi connectivity index (χ0) is 19.6. The number of rotatable bonds is 3. The van der Waals surface area contributed by atoms with E-state index in [2.05, 4.69) is 20.9 Å². The second-order valence-corrected chi connectivity index (χ2v) is 9.46. The Morgan fingerprint density at radius 1 is 1.07 bits per heavy atom. The van der Waals surface area contributed by atoms with Gasteiger partial charge in [-0.05, 0) is 57.5 Å². The van der Waals surface area contributed by atoms with Crippen molar-refractivity contribution in [1.82, 2.24) is 4.98 Å². The minimum absolute atomic E-state index is 0.0508. The highest BCUT2D eigenvalue weighted by molar-refractivity contribution is 9.10. The van der Waals surface area contributed by atoms with Crippen LogP contribution in [0.5, 0.6) is 11.6 Å². The second kappa shape index (κ2) is 6.35. The fourth-order valence-electron chi connectivity index (χ4n) is 3.42. The van der Waals surface area contributed by atoms with Gasteiger partial charge < -0.3 is 28.1 Å². The van der Waals surface area contributed by atoms with Gasteiger partial charge in [0.15, 0.2) is 5.75 Å². The molecule has 2 saturated heterocycles. The summed E-state index contributed by atoms with van der Waals surface area (Å²) in [7, 11) is -1.19. The third-order valence-electron chi connectivity index (χ3n) is 5.86. The van der Waals surface area contributed by atoms with Crippen LogP contribution in [0.25, 0.3) is 0 Å². The molecular formula is C17H24B2BrNO6. The van der Waals surface area contributed by atoms with E-state index >= 15 is 0 Å². The summed E-state index contributed by atoms with van der Waals surface area (Å²) in [6, 6.07) is 1.84. The molecule has 3 aliphatic rings. The standard InChI is InChI=1S/C17H24B2BrNO6/c1-10-15(2,3)25-18(24-10)19-26-16(4,5)17(6,27-19)8-13-22-12-7-11(20)9-21-14(12)23-13/h7,9-10,13H,8H2,1-6H3. The van der Waals surface area contributed by atoms with Gasteiger partial charge in [0.05, 0.1) is 29.3 Å². The van der Waals surface area contributed by atoms with Gasteiger partial charge >= 0.3 is 14.0 Å². The first-order valence-corrected chi connectivity index (χ1v) is 9.96. The van der Waals surface area contributed by atoms with Gasteiger partial charge in [0.1, 0.15) is 0 Å².